The fourth-order valence-corrected chi connectivity index (χ4v) is 4.97. The second-order valence-corrected chi connectivity index (χ2v) is 9.19. The van der Waals surface area contributed by atoms with Gasteiger partial charge in [0.25, 0.3) is 15.8 Å². The van der Waals surface area contributed by atoms with E-state index in [-0.39, 0.29) is 71.0 Å². The van der Waals surface area contributed by atoms with Crippen LogP contribution in [0, 0.1) is 10.1 Å². The molecule has 1 heterocycles. The number of nitrogens with zero attached hydrogens (tertiary/aromatic N) is 2. The number of nitro groups is 1. The van der Waals surface area contributed by atoms with Gasteiger partial charge in [-0.1, -0.05) is 12.1 Å². The molecular weight excluding hydrogens is 491 g/mol. The van der Waals surface area contributed by atoms with E-state index in [1.54, 1.807) is 33.8 Å². The number of carbonyl (C=O) groups is 2. The van der Waals surface area contributed by atoms with Crippen molar-refractivity contribution in [2.75, 3.05) is 19.0 Å². The average Bonchev–Trinajstić information content (AvgIpc) is 2.72. The van der Waals surface area contributed by atoms with E-state index in [0.717, 1.165) is 0 Å². The van der Waals surface area contributed by atoms with Gasteiger partial charge in [0.15, 0.2) is 0 Å². The second kappa shape index (κ2) is 12.6. The van der Waals surface area contributed by atoms with Gasteiger partial charge in [-0.3, -0.25) is 14.7 Å². The van der Waals surface area contributed by atoms with Gasteiger partial charge in [0.2, 0.25) is 0 Å². The van der Waals surface area contributed by atoms with E-state index in [1.807, 2.05) is 0 Å². The molecule has 13 heteroatoms. The van der Waals surface area contributed by atoms with Crippen LogP contribution in [-0.4, -0.2) is 89.3 Å². The first-order valence-corrected chi connectivity index (χ1v) is 12.2. The molecule has 0 aromatic heterocycles. The number of nitro benzene ring substituents is 1. The summed E-state index contributed by atoms with van der Waals surface area (Å²) in [7, 11) is -4.39. The molecule has 1 atom stereocenters. The minimum atomic E-state index is -4.39. The zero-order chi connectivity index (χ0) is 25.8. The van der Waals surface area contributed by atoms with Crippen LogP contribution in [-0.2, 0) is 29.2 Å². The average molecular weight is 521 g/mol. The number of rotatable bonds is 9. The Morgan fingerprint density at radius 3 is 2.00 bits per heavy atom. The number of hydrogen-bond acceptors (Lipinski definition) is 9. The van der Waals surface area contributed by atoms with Crippen molar-refractivity contribution in [1.82, 2.24) is 4.90 Å². The topological polar surface area (TPSA) is 153 Å². The summed E-state index contributed by atoms with van der Waals surface area (Å²) < 4.78 is 43.0. The number of hydrogen-bond donors (Lipinski definition) is 1. The molecule has 1 aromatic carbocycles. The quantitative estimate of drug-likeness (QED) is 0.169. The number of esters is 2. The van der Waals surface area contributed by atoms with Crippen LogP contribution in [0.25, 0.3) is 0 Å². The molecule has 0 radical (unpaired) electrons. The van der Waals surface area contributed by atoms with Crippen molar-refractivity contribution in [1.29, 1.82) is 0 Å². The number of non-ortho nitro benzene ring substituents is 1. The van der Waals surface area contributed by atoms with E-state index in [4.69, 9.17) is 9.47 Å². The van der Waals surface area contributed by atoms with Crippen molar-refractivity contribution in [2.24, 2.45) is 0 Å². The summed E-state index contributed by atoms with van der Waals surface area (Å²) in [5, 5.41) is 11.4. The van der Waals surface area contributed by atoms with Gasteiger partial charge in [-0.2, -0.15) is 8.42 Å². The SMILES string of the molecule is CCOC(=O)C1=C(C)N(C(C)CS(=O)(=O)O)C(C)=C(C(=O)OCC)C1c1cccc([N+](=O)[O-])c1.[NaH]. The summed E-state index contributed by atoms with van der Waals surface area (Å²) in [4.78, 5) is 38.5. The summed E-state index contributed by atoms with van der Waals surface area (Å²) in [6.45, 7) is 7.88. The van der Waals surface area contributed by atoms with Crippen LogP contribution in [0.1, 0.15) is 46.1 Å². The summed E-state index contributed by atoms with van der Waals surface area (Å²) >= 11 is 0. The fraction of sp³-hybridized carbons (Fsp3) is 0.455. The molecule has 35 heavy (non-hydrogen) atoms. The van der Waals surface area contributed by atoms with Crippen molar-refractivity contribution in [3.63, 3.8) is 0 Å². The summed E-state index contributed by atoms with van der Waals surface area (Å²) in [6, 6.07) is 4.68. The van der Waals surface area contributed by atoms with Crippen LogP contribution < -0.4 is 0 Å². The van der Waals surface area contributed by atoms with Gasteiger partial charge in [0.05, 0.1) is 41.0 Å². The predicted octanol–water partition coefficient (Wildman–Crippen LogP) is 2.30. The van der Waals surface area contributed by atoms with Crippen LogP contribution in [0.4, 0.5) is 5.69 Å². The predicted molar refractivity (Wildman–Crippen MR) is 129 cm³/mol. The molecule has 0 saturated heterocycles. The molecule has 1 aliphatic rings. The molecule has 0 saturated carbocycles. The third-order valence-electron chi connectivity index (χ3n) is 5.38. The molecular formula is C22H29N2NaO9S. The Balaban J connectivity index is 0.00000612. The monoisotopic (exact) mass is 520 g/mol. The van der Waals surface area contributed by atoms with Gasteiger partial charge >= 0.3 is 41.5 Å². The molecule has 1 aliphatic heterocycles. The zero-order valence-corrected chi connectivity index (χ0v) is 20.4. The molecule has 188 valence electrons. The Morgan fingerprint density at radius 2 is 1.60 bits per heavy atom. The van der Waals surface area contributed by atoms with Crippen molar-refractivity contribution in [3.8, 4) is 0 Å². The number of allylic oxidation sites excluding steroid dienone is 2. The third-order valence-corrected chi connectivity index (χ3v) is 6.28. The molecule has 0 fully saturated rings. The van der Waals surface area contributed by atoms with Gasteiger partial charge < -0.3 is 14.4 Å². The van der Waals surface area contributed by atoms with E-state index in [2.05, 4.69) is 0 Å². The minimum absolute atomic E-state index is 0. The summed E-state index contributed by atoms with van der Waals surface area (Å²) in [5.74, 6) is -3.27. The van der Waals surface area contributed by atoms with Gasteiger partial charge in [-0.25, -0.2) is 9.59 Å². The Kier molecular flexibility index (Phi) is 11.1. The normalized spacial score (nSPS) is 15.4. The molecule has 2 rings (SSSR count). The van der Waals surface area contributed by atoms with Gasteiger partial charge in [-0.15, -0.1) is 0 Å². The number of benzene rings is 1. The van der Waals surface area contributed by atoms with E-state index in [0.29, 0.717) is 5.56 Å². The molecule has 0 bridgehead atoms. The molecule has 0 spiro atoms. The van der Waals surface area contributed by atoms with Crippen LogP contribution in [0.15, 0.2) is 46.8 Å². The Hall–Kier alpha value is -2.25. The maximum atomic E-state index is 13.1. The van der Waals surface area contributed by atoms with Crippen molar-refractivity contribution in [3.05, 3.63) is 62.5 Å². The molecule has 1 N–H and O–H groups in total. The van der Waals surface area contributed by atoms with Crippen molar-refractivity contribution in [2.45, 2.75) is 46.6 Å². The Labute approximate surface area is 226 Å². The van der Waals surface area contributed by atoms with E-state index in [9.17, 15) is 32.7 Å². The Bertz CT molecular complexity index is 1120. The van der Waals surface area contributed by atoms with Gasteiger partial charge in [0, 0.05) is 29.6 Å². The summed E-state index contributed by atoms with van der Waals surface area (Å²) in [5.41, 5.74) is 0.659. The first-order valence-electron chi connectivity index (χ1n) is 10.6. The number of carbonyl (C=O) groups excluding carboxylic acids is 2. The first kappa shape index (κ1) is 30.8. The first-order chi connectivity index (χ1) is 15.8. The number of ether oxygens (including phenoxy) is 2. The fourth-order valence-electron chi connectivity index (χ4n) is 4.21. The maximum absolute atomic E-state index is 13.1. The van der Waals surface area contributed by atoms with Crippen LogP contribution in [0.2, 0.25) is 0 Å². The van der Waals surface area contributed by atoms with Gasteiger partial charge in [-0.05, 0) is 40.2 Å². The van der Waals surface area contributed by atoms with Crippen LogP contribution in [0.3, 0.4) is 0 Å². The Morgan fingerprint density at radius 1 is 1.11 bits per heavy atom. The zero-order valence-electron chi connectivity index (χ0n) is 19.6. The molecule has 1 unspecified atom stereocenters. The van der Waals surface area contributed by atoms with E-state index < -0.39 is 44.7 Å². The standard InChI is InChI=1S/C22H28N2O9S.Na.H/c1-6-32-21(25)18-14(4)23(13(3)12-34(29,30)31)15(5)19(22(26)33-7-2)20(18)16-9-8-10-17(11-16)24(27)28;;/h8-11,13,20H,6-7,12H2,1-5H3,(H,29,30,31);;. The van der Waals surface area contributed by atoms with Crippen molar-refractivity contribution < 1.29 is 37.0 Å². The van der Waals surface area contributed by atoms with Crippen LogP contribution in [0.5, 0.6) is 0 Å². The third kappa shape index (κ3) is 7.14. The van der Waals surface area contributed by atoms with Crippen molar-refractivity contribution >= 4 is 57.3 Å². The van der Waals surface area contributed by atoms with E-state index in [1.165, 1.54) is 30.0 Å². The molecule has 0 aliphatic carbocycles. The molecule has 1 aromatic rings. The second-order valence-electron chi connectivity index (χ2n) is 7.69. The van der Waals surface area contributed by atoms with Gasteiger partial charge in [0.1, 0.15) is 0 Å². The summed E-state index contributed by atoms with van der Waals surface area (Å²) in [6.07, 6.45) is 0. The molecule has 11 nitrogen and oxygen atoms in total. The van der Waals surface area contributed by atoms with E-state index >= 15 is 0 Å². The van der Waals surface area contributed by atoms with Crippen LogP contribution >= 0.6 is 0 Å². The molecule has 0 amide bonds.